The Hall–Kier alpha value is -0.0400. The van der Waals surface area contributed by atoms with Gasteiger partial charge in [0.25, 0.3) is 0 Å². The summed E-state index contributed by atoms with van der Waals surface area (Å²) in [4.78, 5) is 3.69. The summed E-state index contributed by atoms with van der Waals surface area (Å²) < 4.78 is 0. The Morgan fingerprint density at radius 3 is 0.562 bits per heavy atom. The highest BCUT2D eigenvalue weighted by Gasteiger charge is 2.60. The second-order valence-electron chi connectivity index (χ2n) is 31.8. The number of nitrogens with zero attached hydrogens (tertiary/aromatic N) is 1. The standard InChI is InChI=1S/C72H119N/c1-4-22-48(23-5-1)67-55-28-10-14-32-59(55)70(60-33-15-11-29-56(60)67)51-40-44-53(45-41-51)73(72-65-38-20-18-36-63(65)69(50-26-8-3-9-27-50)64-37-19-21-39-66(64)72)54-46-42-52(43-47-54)71-61-34-16-12-30-57(61)68(49-24-6-2-7-25-49)58-31-13-17-35-62(58)71/h48-72H,1-47H2. The Kier molecular flexibility index (Phi) is 16.3. The molecule has 0 N–H and O–H groups in total. The molecule has 0 heterocycles. The minimum atomic E-state index is 0.915. The van der Waals surface area contributed by atoms with Gasteiger partial charge in [-0.3, -0.25) is 4.90 Å². The third kappa shape index (κ3) is 9.76. The van der Waals surface area contributed by atoms with Crippen molar-refractivity contribution < 1.29 is 0 Å². The molecular weight excluding hydrogens is 879 g/mol. The molecule has 12 unspecified atom stereocenters. The van der Waals surface area contributed by atoms with Crippen molar-refractivity contribution in [2.75, 3.05) is 0 Å². The summed E-state index contributed by atoms with van der Waals surface area (Å²) in [6, 6.07) is 2.78. The van der Waals surface area contributed by atoms with Gasteiger partial charge in [0, 0.05) is 18.1 Å². The van der Waals surface area contributed by atoms with Gasteiger partial charge < -0.3 is 0 Å². The maximum absolute atomic E-state index is 3.69. The molecule has 12 atom stereocenters. The molecule has 0 aromatic carbocycles. The Bertz CT molecular complexity index is 1550. The highest BCUT2D eigenvalue weighted by atomic mass is 15.2. The molecule has 1 heteroatoms. The molecule has 0 radical (unpaired) electrons. The first kappa shape index (κ1) is 51.1. The van der Waals surface area contributed by atoms with Gasteiger partial charge in [-0.15, -0.1) is 0 Å². The van der Waals surface area contributed by atoms with Gasteiger partial charge in [0.05, 0.1) is 0 Å². The fraction of sp³-hybridized carbons (Fsp3) is 1.00. The molecule has 73 heavy (non-hydrogen) atoms. The van der Waals surface area contributed by atoms with Crippen LogP contribution in [0.3, 0.4) is 0 Å². The Morgan fingerprint density at radius 1 is 0.151 bits per heavy atom. The molecule has 0 aromatic heterocycles. The maximum Gasteiger partial charge on any atom is 0.0163 e. The quantitative estimate of drug-likeness (QED) is 0.234. The van der Waals surface area contributed by atoms with Crippen LogP contribution in [0.4, 0.5) is 0 Å². The number of hydrogen-bond acceptors (Lipinski definition) is 1. The fourth-order valence-electron chi connectivity index (χ4n) is 27.5. The number of fused-ring (bicyclic) bond motifs is 6. The van der Waals surface area contributed by atoms with Crippen LogP contribution in [0.1, 0.15) is 302 Å². The Balaban J connectivity index is 0.756. The van der Waals surface area contributed by atoms with Gasteiger partial charge in [0.2, 0.25) is 0 Å². The Labute approximate surface area is 452 Å². The number of hydrogen-bond donors (Lipinski definition) is 0. The molecule has 0 aromatic rings. The zero-order valence-electron chi connectivity index (χ0n) is 48.1. The molecule has 14 fully saturated rings. The van der Waals surface area contributed by atoms with Gasteiger partial charge in [-0.05, 0) is 259 Å². The molecule has 412 valence electrons. The van der Waals surface area contributed by atoms with Gasteiger partial charge in [-0.2, -0.15) is 0 Å². The first-order chi connectivity index (χ1) is 36.3. The lowest BCUT2D eigenvalue weighted by Crippen LogP contribution is -2.64. The summed E-state index contributed by atoms with van der Waals surface area (Å²) in [5.74, 6) is 24.2. The molecule has 14 aliphatic rings. The van der Waals surface area contributed by atoms with Gasteiger partial charge >= 0.3 is 0 Å². The van der Waals surface area contributed by atoms with Crippen molar-refractivity contribution in [3.05, 3.63) is 0 Å². The molecule has 14 rings (SSSR count). The van der Waals surface area contributed by atoms with Crippen LogP contribution in [0.5, 0.6) is 0 Å². The highest BCUT2D eigenvalue weighted by molar-refractivity contribution is 5.10. The summed E-state index contributed by atoms with van der Waals surface area (Å²) in [5.41, 5.74) is 0. The van der Waals surface area contributed by atoms with Crippen molar-refractivity contribution in [3.63, 3.8) is 0 Å². The predicted molar refractivity (Wildman–Crippen MR) is 307 cm³/mol. The van der Waals surface area contributed by atoms with Crippen LogP contribution in [0.2, 0.25) is 0 Å². The van der Waals surface area contributed by atoms with E-state index in [2.05, 4.69) is 4.90 Å². The van der Waals surface area contributed by atoms with E-state index in [1.54, 1.807) is 302 Å². The van der Waals surface area contributed by atoms with Crippen LogP contribution in [0.15, 0.2) is 0 Å². The molecule has 0 aliphatic heterocycles. The Morgan fingerprint density at radius 2 is 0.329 bits per heavy atom. The van der Waals surface area contributed by atoms with E-state index in [0.717, 1.165) is 148 Å². The van der Waals surface area contributed by atoms with Crippen LogP contribution >= 0.6 is 0 Å². The summed E-state index contributed by atoms with van der Waals surface area (Å²) in [7, 11) is 0. The maximum atomic E-state index is 3.69. The second-order valence-corrected chi connectivity index (χ2v) is 31.8. The molecule has 14 saturated carbocycles. The first-order valence-electron chi connectivity index (χ1n) is 36.1. The van der Waals surface area contributed by atoms with Gasteiger partial charge in [0.15, 0.2) is 0 Å². The van der Waals surface area contributed by atoms with E-state index < -0.39 is 0 Å². The smallest absolute Gasteiger partial charge is 0.0163 e. The van der Waals surface area contributed by atoms with Crippen LogP contribution in [0.25, 0.3) is 0 Å². The van der Waals surface area contributed by atoms with Crippen LogP contribution in [0, 0.1) is 130 Å². The van der Waals surface area contributed by atoms with E-state index in [9.17, 15) is 0 Å². The van der Waals surface area contributed by atoms with E-state index in [1.807, 2.05) is 0 Å². The molecule has 0 spiro atoms. The van der Waals surface area contributed by atoms with Crippen LogP contribution < -0.4 is 0 Å². The third-order valence-electron chi connectivity index (χ3n) is 29.4. The second kappa shape index (κ2) is 23.2. The predicted octanol–water partition coefficient (Wildman–Crippen LogP) is 20.5. The summed E-state index contributed by atoms with van der Waals surface area (Å²) in [5, 5.41) is 0. The fourth-order valence-corrected chi connectivity index (χ4v) is 27.5. The molecule has 14 aliphatic carbocycles. The minimum absolute atomic E-state index is 0.915. The zero-order chi connectivity index (χ0) is 48.2. The monoisotopic (exact) mass is 998 g/mol. The molecule has 0 saturated heterocycles. The third-order valence-corrected chi connectivity index (χ3v) is 29.4. The first-order valence-corrected chi connectivity index (χ1v) is 36.1. The highest BCUT2D eigenvalue weighted by Crippen LogP contribution is 2.66. The average Bonchev–Trinajstić information content (AvgIpc) is 3.47. The minimum Gasteiger partial charge on any atom is -0.294 e. The van der Waals surface area contributed by atoms with Crippen LogP contribution in [-0.4, -0.2) is 23.0 Å². The molecule has 1 nitrogen and oxygen atoms in total. The van der Waals surface area contributed by atoms with E-state index in [0.29, 0.717) is 0 Å². The van der Waals surface area contributed by atoms with E-state index in [-0.39, 0.29) is 0 Å². The van der Waals surface area contributed by atoms with Crippen molar-refractivity contribution in [2.24, 2.45) is 130 Å². The zero-order valence-corrected chi connectivity index (χ0v) is 48.1. The van der Waals surface area contributed by atoms with Crippen molar-refractivity contribution in [1.29, 1.82) is 0 Å². The van der Waals surface area contributed by atoms with Gasteiger partial charge in [-0.1, -0.05) is 173 Å². The van der Waals surface area contributed by atoms with Crippen molar-refractivity contribution in [2.45, 2.75) is 320 Å². The lowest BCUT2D eigenvalue weighted by atomic mass is 9.45. The van der Waals surface area contributed by atoms with E-state index in [4.69, 9.17) is 0 Å². The van der Waals surface area contributed by atoms with Crippen LogP contribution in [-0.2, 0) is 0 Å². The van der Waals surface area contributed by atoms with Crippen molar-refractivity contribution in [3.8, 4) is 0 Å². The summed E-state index contributed by atoms with van der Waals surface area (Å²) >= 11 is 0. The number of rotatable bonds is 8. The largest absolute Gasteiger partial charge is 0.294 e. The molecule has 0 amide bonds. The lowest BCUT2D eigenvalue weighted by molar-refractivity contribution is -0.145. The van der Waals surface area contributed by atoms with Crippen molar-refractivity contribution >= 4 is 0 Å². The van der Waals surface area contributed by atoms with E-state index in [1.165, 1.54) is 0 Å². The van der Waals surface area contributed by atoms with E-state index >= 15 is 0 Å². The normalized spacial score (nSPS) is 50.6. The van der Waals surface area contributed by atoms with Gasteiger partial charge in [-0.25, -0.2) is 0 Å². The SMILES string of the molecule is C1CCC(C2C3CCCCC3C(C3CCC(N(C4CCC(C5C6CCCCC6C(C6CCCCC6)C6CCCCC65)CC4)C4C5CCCCC5C(C5CCCCC5)C5CCCCC54)CC3)C3CCCCC32)CC1. The summed E-state index contributed by atoms with van der Waals surface area (Å²) in [6.45, 7) is 0. The van der Waals surface area contributed by atoms with Crippen molar-refractivity contribution in [1.82, 2.24) is 4.90 Å². The lowest BCUT2D eigenvalue weighted by Gasteiger charge is -2.64. The topological polar surface area (TPSA) is 3.24 Å². The average molecular weight is 999 g/mol. The molecular formula is C72H119N. The van der Waals surface area contributed by atoms with Gasteiger partial charge in [0.1, 0.15) is 0 Å². The summed E-state index contributed by atoms with van der Waals surface area (Å²) in [6.07, 6.45) is 75.2. The molecule has 0 bridgehead atoms.